The van der Waals surface area contributed by atoms with E-state index in [4.69, 9.17) is 0 Å². The summed E-state index contributed by atoms with van der Waals surface area (Å²) in [5.41, 5.74) is 4.18. The highest BCUT2D eigenvalue weighted by Gasteiger charge is 2.38. The lowest BCUT2D eigenvalue weighted by Gasteiger charge is -2.48. The van der Waals surface area contributed by atoms with Gasteiger partial charge in [-0.3, -0.25) is 4.79 Å². The molecule has 0 spiro atoms. The second kappa shape index (κ2) is 8.53. The summed E-state index contributed by atoms with van der Waals surface area (Å²) in [6.45, 7) is 9.68. The minimum Gasteiger partial charge on any atom is -0.363 e. The number of para-hydroxylation sites is 2. The van der Waals surface area contributed by atoms with Crippen LogP contribution in [-0.2, 0) is 11.3 Å². The van der Waals surface area contributed by atoms with E-state index in [1.165, 1.54) is 5.56 Å². The maximum absolute atomic E-state index is 12.3. The largest absolute Gasteiger partial charge is 0.363 e. The Balaban J connectivity index is 1.52. The Morgan fingerprint density at radius 3 is 2.40 bits per heavy atom. The van der Waals surface area contributed by atoms with Gasteiger partial charge >= 0.3 is 0 Å². The number of benzene rings is 2. The lowest BCUT2D eigenvalue weighted by Crippen LogP contribution is -2.57. The van der Waals surface area contributed by atoms with Crippen LogP contribution in [0, 0.1) is 17.8 Å². The molecule has 0 saturated carbocycles. The summed E-state index contributed by atoms with van der Waals surface area (Å²) >= 11 is 0. The molecule has 156 valence electrons. The van der Waals surface area contributed by atoms with Gasteiger partial charge in [-0.25, -0.2) is 0 Å². The fourth-order valence-electron chi connectivity index (χ4n) is 4.67. The van der Waals surface area contributed by atoms with Crippen molar-refractivity contribution in [3.63, 3.8) is 0 Å². The van der Waals surface area contributed by atoms with Gasteiger partial charge in [-0.05, 0) is 69.6 Å². The van der Waals surface area contributed by atoms with Crippen LogP contribution in [-0.4, -0.2) is 31.1 Å². The Kier molecular flexibility index (Phi) is 5.83. The molecule has 1 fully saturated rings. The number of nitrogens with one attached hydrogen (secondary N) is 1. The summed E-state index contributed by atoms with van der Waals surface area (Å²) in [6, 6.07) is 16.8. The van der Waals surface area contributed by atoms with Gasteiger partial charge in [-0.15, -0.1) is 0 Å². The number of carbonyl (C=O) groups excluding carboxylic acids is 1. The third-order valence-corrected chi connectivity index (χ3v) is 6.05. The molecule has 0 atom stereocenters. The highest BCUT2D eigenvalue weighted by molar-refractivity contribution is 5.98. The lowest BCUT2D eigenvalue weighted by atomic mass is 9.95. The van der Waals surface area contributed by atoms with Gasteiger partial charge in [0, 0.05) is 31.5 Å². The number of amides is 1. The lowest BCUT2D eigenvalue weighted by molar-refractivity contribution is -0.117. The summed E-state index contributed by atoms with van der Waals surface area (Å²) in [4.78, 5) is 16.7. The van der Waals surface area contributed by atoms with E-state index >= 15 is 0 Å². The zero-order valence-corrected chi connectivity index (χ0v) is 18.2. The van der Waals surface area contributed by atoms with Gasteiger partial charge < -0.3 is 15.1 Å². The highest BCUT2D eigenvalue weighted by atomic mass is 16.2. The third-order valence-electron chi connectivity index (χ3n) is 6.05. The Hall–Kier alpha value is -2.77. The van der Waals surface area contributed by atoms with E-state index < -0.39 is 0 Å². The number of anilines is 2. The molecule has 0 bridgehead atoms. The van der Waals surface area contributed by atoms with Gasteiger partial charge in [0.25, 0.3) is 0 Å². The number of fused-ring (bicyclic) bond motifs is 1. The summed E-state index contributed by atoms with van der Waals surface area (Å²) in [5, 5.41) is 3.39. The van der Waals surface area contributed by atoms with Gasteiger partial charge in [-0.1, -0.05) is 36.1 Å². The maximum Gasteiger partial charge on any atom is 0.224 e. The van der Waals surface area contributed by atoms with Crippen molar-refractivity contribution < 1.29 is 4.79 Å². The van der Waals surface area contributed by atoms with Crippen LogP contribution in [0.25, 0.3) is 0 Å². The summed E-state index contributed by atoms with van der Waals surface area (Å²) in [6.07, 6.45) is 2.29. The number of piperidine rings is 1. The maximum atomic E-state index is 12.3. The second-order valence-corrected chi connectivity index (χ2v) is 9.00. The first-order chi connectivity index (χ1) is 14.4. The van der Waals surface area contributed by atoms with Crippen LogP contribution < -0.4 is 15.1 Å². The van der Waals surface area contributed by atoms with Crippen LogP contribution in [0.5, 0.6) is 0 Å². The van der Waals surface area contributed by atoms with Crippen LogP contribution in [0.3, 0.4) is 0 Å². The van der Waals surface area contributed by atoms with Gasteiger partial charge in [0.1, 0.15) is 0 Å². The minimum atomic E-state index is -0.263. The van der Waals surface area contributed by atoms with Crippen molar-refractivity contribution in [3.8, 4) is 11.8 Å². The molecule has 1 N–H and O–H groups in total. The zero-order chi connectivity index (χ0) is 21.1. The number of hydrogen-bond acceptors (Lipinski definition) is 3. The van der Waals surface area contributed by atoms with E-state index in [1.807, 2.05) is 23.1 Å². The normalized spacial score (nSPS) is 18.4. The van der Waals surface area contributed by atoms with E-state index in [1.54, 1.807) is 6.92 Å². The molecule has 30 heavy (non-hydrogen) atoms. The first kappa shape index (κ1) is 20.5. The number of hydrogen-bond donors (Lipinski definition) is 1. The zero-order valence-electron chi connectivity index (χ0n) is 18.2. The van der Waals surface area contributed by atoms with E-state index in [2.05, 4.69) is 66.2 Å². The molecule has 4 nitrogen and oxygen atoms in total. The molecule has 1 saturated heterocycles. The van der Waals surface area contributed by atoms with Gasteiger partial charge in [0.2, 0.25) is 5.91 Å². The number of nitrogens with zero attached hydrogens (tertiary/aromatic N) is 2. The Morgan fingerprint density at radius 2 is 1.73 bits per heavy atom. The predicted octanol–water partition coefficient (Wildman–Crippen LogP) is 4.19. The number of rotatable bonds is 2. The molecule has 2 aliphatic rings. The monoisotopic (exact) mass is 401 g/mol. The highest BCUT2D eigenvalue weighted by Crippen LogP contribution is 2.40. The summed E-state index contributed by atoms with van der Waals surface area (Å²) in [5.74, 6) is 7.40. The van der Waals surface area contributed by atoms with Crippen molar-refractivity contribution in [3.05, 3.63) is 59.7 Å². The molecular weight excluding hydrogens is 370 g/mol. The molecule has 4 heteroatoms. The Labute approximate surface area is 180 Å². The predicted molar refractivity (Wildman–Crippen MR) is 124 cm³/mol. The van der Waals surface area contributed by atoms with Crippen LogP contribution in [0.15, 0.2) is 48.5 Å². The van der Waals surface area contributed by atoms with Crippen molar-refractivity contribution in [1.82, 2.24) is 5.32 Å². The van der Waals surface area contributed by atoms with Gasteiger partial charge in [-0.2, -0.15) is 0 Å². The fraction of sp³-hybridized carbons (Fsp3) is 0.423. The molecule has 2 aromatic carbocycles. The fourth-order valence-corrected chi connectivity index (χ4v) is 4.67. The van der Waals surface area contributed by atoms with Crippen molar-refractivity contribution in [2.24, 2.45) is 5.92 Å². The first-order valence-electron chi connectivity index (χ1n) is 10.9. The molecule has 0 aliphatic carbocycles. The molecule has 0 radical (unpaired) electrons. The van der Waals surface area contributed by atoms with Crippen molar-refractivity contribution in [2.75, 3.05) is 29.4 Å². The summed E-state index contributed by atoms with van der Waals surface area (Å²) in [7, 11) is 0. The smallest absolute Gasteiger partial charge is 0.224 e. The van der Waals surface area contributed by atoms with Crippen molar-refractivity contribution in [2.45, 2.75) is 45.7 Å². The van der Waals surface area contributed by atoms with Crippen LogP contribution in [0.1, 0.15) is 44.7 Å². The van der Waals surface area contributed by atoms with E-state index in [0.717, 1.165) is 56.0 Å². The minimum absolute atomic E-state index is 0.0868. The van der Waals surface area contributed by atoms with Gasteiger partial charge in [0.15, 0.2) is 0 Å². The quantitative estimate of drug-likeness (QED) is 0.767. The van der Waals surface area contributed by atoms with Gasteiger partial charge in [0.05, 0.1) is 16.9 Å². The molecule has 2 aliphatic heterocycles. The van der Waals surface area contributed by atoms with Crippen LogP contribution in [0.2, 0.25) is 0 Å². The molecule has 0 unspecified atom stereocenters. The van der Waals surface area contributed by atoms with E-state index in [9.17, 15) is 4.79 Å². The van der Waals surface area contributed by atoms with Crippen LogP contribution in [0.4, 0.5) is 11.4 Å². The SMILES string of the molecule is CC(=O)N1c2ccccc2N(Cc2ccc(C#CC3CCNCC3)cc2)CC1(C)C. The first-order valence-corrected chi connectivity index (χ1v) is 10.9. The van der Waals surface area contributed by atoms with Crippen molar-refractivity contribution >= 4 is 17.3 Å². The Morgan fingerprint density at radius 1 is 1.07 bits per heavy atom. The molecule has 2 heterocycles. The standard InChI is InChI=1S/C26H31N3O/c1-20(30)29-25-7-5-4-6-24(25)28(19-26(29,2)3)18-23-12-10-21(11-13-23)8-9-22-14-16-27-17-15-22/h4-7,10-13,22,27H,14-19H2,1-3H3. The van der Waals surface area contributed by atoms with E-state index in [-0.39, 0.29) is 11.4 Å². The number of carbonyl (C=O) groups is 1. The molecule has 4 rings (SSSR count). The topological polar surface area (TPSA) is 35.6 Å². The van der Waals surface area contributed by atoms with Crippen LogP contribution >= 0.6 is 0 Å². The average Bonchev–Trinajstić information content (AvgIpc) is 2.73. The molecule has 0 aromatic heterocycles. The van der Waals surface area contributed by atoms with Crippen molar-refractivity contribution in [1.29, 1.82) is 0 Å². The van der Waals surface area contributed by atoms with E-state index in [0.29, 0.717) is 5.92 Å². The Bertz CT molecular complexity index is 962. The average molecular weight is 402 g/mol. The molecule has 2 aromatic rings. The summed E-state index contributed by atoms with van der Waals surface area (Å²) < 4.78 is 0. The molecular formula is C26H31N3O. The second-order valence-electron chi connectivity index (χ2n) is 9.00. The third kappa shape index (κ3) is 4.37. The molecule has 1 amide bonds.